The topological polar surface area (TPSA) is 3.24 Å². The van der Waals surface area contributed by atoms with E-state index in [1.165, 1.54) is 74.7 Å². The molecule has 9 aromatic carbocycles. The minimum Gasteiger partial charge on any atom is -0.310 e. The standard InChI is InChI=1S/C48H31NS/c1-3-13-32(14-4-1)33-23-25-35(26-24-33)49(36-27-28-41-39-19-8-7-17-37(39)38-18-9-10-20-40(38)44(41)31-36)45-30-29-43-42-21-11-12-22-46(42)50-48(43)47(45)34-15-5-2-6-16-34/h1-31H. The summed E-state index contributed by atoms with van der Waals surface area (Å²) in [6, 6.07) is 68.7. The Kier molecular flexibility index (Phi) is 6.75. The van der Waals surface area contributed by atoms with Gasteiger partial charge in [-0.1, -0.05) is 152 Å². The van der Waals surface area contributed by atoms with Crippen molar-refractivity contribution in [3.8, 4) is 22.3 Å². The van der Waals surface area contributed by atoms with Crippen LogP contribution in [0.4, 0.5) is 17.1 Å². The molecule has 0 saturated heterocycles. The summed E-state index contributed by atoms with van der Waals surface area (Å²) in [4.78, 5) is 2.46. The summed E-state index contributed by atoms with van der Waals surface area (Å²) in [5.41, 5.74) is 8.28. The first-order chi connectivity index (χ1) is 24.8. The summed E-state index contributed by atoms with van der Waals surface area (Å²) < 4.78 is 2.61. The van der Waals surface area contributed by atoms with E-state index in [9.17, 15) is 0 Å². The number of hydrogen-bond donors (Lipinski definition) is 0. The van der Waals surface area contributed by atoms with Crippen molar-refractivity contribution in [1.82, 2.24) is 0 Å². The Bertz CT molecular complexity index is 2820. The van der Waals surface area contributed by atoms with Gasteiger partial charge < -0.3 is 4.90 Å². The first-order valence-corrected chi connectivity index (χ1v) is 17.9. The molecule has 0 amide bonds. The molecule has 1 aromatic heterocycles. The Labute approximate surface area is 294 Å². The maximum absolute atomic E-state index is 2.46. The maximum Gasteiger partial charge on any atom is 0.0554 e. The Morgan fingerprint density at radius 2 is 0.800 bits per heavy atom. The van der Waals surface area contributed by atoms with E-state index in [-0.39, 0.29) is 0 Å². The number of fused-ring (bicyclic) bond motifs is 9. The molecule has 0 bridgehead atoms. The molecule has 10 aromatic rings. The van der Waals surface area contributed by atoms with Crippen LogP contribution < -0.4 is 4.90 Å². The second-order valence-electron chi connectivity index (χ2n) is 12.9. The fourth-order valence-corrected chi connectivity index (χ4v) is 9.01. The van der Waals surface area contributed by atoms with E-state index >= 15 is 0 Å². The van der Waals surface area contributed by atoms with E-state index in [1.54, 1.807) is 0 Å². The zero-order valence-corrected chi connectivity index (χ0v) is 28.1. The summed E-state index contributed by atoms with van der Waals surface area (Å²) in [5, 5.41) is 10.2. The van der Waals surface area contributed by atoms with Crippen molar-refractivity contribution in [2.75, 3.05) is 4.90 Å². The third-order valence-corrected chi connectivity index (χ3v) is 11.3. The van der Waals surface area contributed by atoms with Gasteiger partial charge in [-0.25, -0.2) is 0 Å². The number of nitrogens with zero attached hydrogens (tertiary/aromatic N) is 1. The Morgan fingerprint density at radius 1 is 0.320 bits per heavy atom. The molecular formula is C48H31NS. The highest BCUT2D eigenvalue weighted by atomic mass is 32.1. The smallest absolute Gasteiger partial charge is 0.0554 e. The normalized spacial score (nSPS) is 11.6. The van der Waals surface area contributed by atoms with Gasteiger partial charge in [0.05, 0.1) is 5.69 Å². The number of rotatable bonds is 5. The van der Waals surface area contributed by atoms with Crippen molar-refractivity contribution in [2.45, 2.75) is 0 Å². The van der Waals surface area contributed by atoms with Gasteiger partial charge in [0.25, 0.3) is 0 Å². The highest BCUT2D eigenvalue weighted by molar-refractivity contribution is 7.26. The van der Waals surface area contributed by atoms with Crippen LogP contribution in [0, 0.1) is 0 Å². The third kappa shape index (κ3) is 4.61. The van der Waals surface area contributed by atoms with Crippen molar-refractivity contribution in [2.24, 2.45) is 0 Å². The Hall–Kier alpha value is -6.22. The molecule has 0 radical (unpaired) electrons. The van der Waals surface area contributed by atoms with Crippen LogP contribution in [0.2, 0.25) is 0 Å². The number of benzene rings is 9. The zero-order chi connectivity index (χ0) is 33.0. The first kappa shape index (κ1) is 28.8. The average molecular weight is 654 g/mol. The van der Waals surface area contributed by atoms with E-state index in [2.05, 4.69) is 193 Å². The van der Waals surface area contributed by atoms with Gasteiger partial charge >= 0.3 is 0 Å². The van der Waals surface area contributed by atoms with Crippen molar-refractivity contribution >= 4 is 80.9 Å². The average Bonchev–Trinajstić information content (AvgIpc) is 3.58. The summed E-state index contributed by atoms with van der Waals surface area (Å²) in [7, 11) is 0. The van der Waals surface area contributed by atoms with Crippen molar-refractivity contribution in [3.63, 3.8) is 0 Å². The van der Waals surface area contributed by atoms with Crippen LogP contribution in [0.25, 0.3) is 74.7 Å². The van der Waals surface area contributed by atoms with Crippen molar-refractivity contribution in [3.05, 3.63) is 188 Å². The van der Waals surface area contributed by atoms with Crippen LogP contribution in [-0.2, 0) is 0 Å². The highest BCUT2D eigenvalue weighted by Gasteiger charge is 2.22. The minimum absolute atomic E-state index is 1.12. The summed E-state index contributed by atoms with van der Waals surface area (Å²) >= 11 is 1.88. The largest absolute Gasteiger partial charge is 0.310 e. The zero-order valence-electron chi connectivity index (χ0n) is 27.3. The molecular weight excluding hydrogens is 623 g/mol. The third-order valence-electron chi connectivity index (χ3n) is 10.0. The van der Waals surface area contributed by atoms with Gasteiger partial charge in [-0.05, 0) is 85.4 Å². The molecule has 234 valence electrons. The quantitative estimate of drug-likeness (QED) is 0.167. The second-order valence-corrected chi connectivity index (χ2v) is 13.9. The van der Waals surface area contributed by atoms with Gasteiger partial charge in [0.2, 0.25) is 0 Å². The SMILES string of the molecule is c1ccc(-c2ccc(N(c3ccc4c5ccccc5c5ccccc5c4c3)c3ccc4c(sc5ccccc54)c3-c3ccccc3)cc2)cc1. The molecule has 0 fully saturated rings. The number of anilines is 3. The Morgan fingerprint density at radius 3 is 1.46 bits per heavy atom. The van der Waals surface area contributed by atoms with Crippen molar-refractivity contribution in [1.29, 1.82) is 0 Å². The molecule has 0 spiro atoms. The fourth-order valence-electron chi connectivity index (χ4n) is 7.74. The fraction of sp³-hybridized carbons (Fsp3) is 0. The van der Waals surface area contributed by atoms with Gasteiger partial charge in [0.1, 0.15) is 0 Å². The lowest BCUT2D eigenvalue weighted by Crippen LogP contribution is -2.11. The number of thiophene rings is 1. The lowest BCUT2D eigenvalue weighted by atomic mass is 9.93. The van der Waals surface area contributed by atoms with E-state index in [1.807, 2.05) is 11.3 Å². The lowest BCUT2D eigenvalue weighted by molar-refractivity contribution is 1.30. The molecule has 2 heteroatoms. The van der Waals surface area contributed by atoms with Crippen molar-refractivity contribution < 1.29 is 0 Å². The maximum atomic E-state index is 2.46. The minimum atomic E-state index is 1.12. The second kappa shape index (κ2) is 11.7. The molecule has 0 atom stereocenters. The number of hydrogen-bond acceptors (Lipinski definition) is 2. The van der Waals surface area contributed by atoms with Gasteiger partial charge in [-0.2, -0.15) is 0 Å². The molecule has 0 aliphatic rings. The first-order valence-electron chi connectivity index (χ1n) is 17.1. The predicted octanol–water partition coefficient (Wildman–Crippen LogP) is 14.3. The monoisotopic (exact) mass is 653 g/mol. The summed E-state index contributed by atoms with van der Waals surface area (Å²) in [5.74, 6) is 0. The predicted molar refractivity (Wildman–Crippen MR) is 217 cm³/mol. The molecule has 10 rings (SSSR count). The van der Waals surface area contributed by atoms with Crippen LogP contribution in [0.1, 0.15) is 0 Å². The molecule has 0 aliphatic heterocycles. The molecule has 50 heavy (non-hydrogen) atoms. The van der Waals surface area contributed by atoms with E-state index in [0.29, 0.717) is 0 Å². The van der Waals surface area contributed by atoms with Crippen LogP contribution >= 0.6 is 11.3 Å². The van der Waals surface area contributed by atoms with Crippen LogP contribution in [0.3, 0.4) is 0 Å². The molecule has 1 nitrogen and oxygen atoms in total. The van der Waals surface area contributed by atoms with Crippen LogP contribution in [0.15, 0.2) is 188 Å². The summed E-state index contributed by atoms with van der Waals surface area (Å²) in [6.45, 7) is 0. The lowest BCUT2D eigenvalue weighted by Gasteiger charge is -2.29. The van der Waals surface area contributed by atoms with Gasteiger partial charge in [0.15, 0.2) is 0 Å². The highest BCUT2D eigenvalue weighted by Crippen LogP contribution is 2.49. The van der Waals surface area contributed by atoms with Gasteiger partial charge in [0, 0.05) is 37.1 Å². The van der Waals surface area contributed by atoms with Crippen LogP contribution in [-0.4, -0.2) is 0 Å². The molecule has 1 heterocycles. The van der Waals surface area contributed by atoms with E-state index < -0.39 is 0 Å². The Balaban J connectivity index is 1.28. The molecule has 0 aliphatic carbocycles. The summed E-state index contributed by atoms with van der Waals surface area (Å²) in [6.07, 6.45) is 0. The molecule has 0 unspecified atom stereocenters. The molecule has 0 saturated carbocycles. The van der Waals surface area contributed by atoms with Crippen LogP contribution in [0.5, 0.6) is 0 Å². The van der Waals surface area contributed by atoms with Gasteiger partial charge in [-0.3, -0.25) is 0 Å². The molecule has 0 N–H and O–H groups in total. The van der Waals surface area contributed by atoms with Gasteiger partial charge in [-0.15, -0.1) is 11.3 Å². The van der Waals surface area contributed by atoms with E-state index in [4.69, 9.17) is 0 Å². The van der Waals surface area contributed by atoms with E-state index in [0.717, 1.165) is 17.1 Å².